The van der Waals surface area contributed by atoms with Crippen LogP contribution in [0.5, 0.6) is 5.75 Å². The lowest BCUT2D eigenvalue weighted by Gasteiger charge is -2.34. The Morgan fingerprint density at radius 3 is 2.26 bits per heavy atom. The molecular formula is C28H29N3O3. The molecule has 4 rings (SSSR count). The number of carbonyl (C=O) groups is 2. The maximum atomic E-state index is 13.3. The highest BCUT2D eigenvalue weighted by molar-refractivity contribution is 6.09. The van der Waals surface area contributed by atoms with Gasteiger partial charge in [0.1, 0.15) is 5.75 Å². The second-order valence-electron chi connectivity index (χ2n) is 8.13. The Kier molecular flexibility index (Phi) is 7.73. The van der Waals surface area contributed by atoms with Crippen LogP contribution < -0.4 is 10.1 Å². The van der Waals surface area contributed by atoms with Gasteiger partial charge in [-0.2, -0.15) is 0 Å². The molecule has 0 atom stereocenters. The molecule has 3 aromatic carbocycles. The van der Waals surface area contributed by atoms with Gasteiger partial charge in [0.2, 0.25) is 0 Å². The molecule has 0 aliphatic carbocycles. The SMILES string of the molecule is COc1ccc(C(=O)Nc2ccccc2C(=O)N2CCN(C/C=C/c3ccccc3)CC2)cc1. The summed E-state index contributed by atoms with van der Waals surface area (Å²) in [5.41, 5.74) is 2.70. The van der Waals surface area contributed by atoms with Gasteiger partial charge >= 0.3 is 0 Å². The van der Waals surface area contributed by atoms with Crippen molar-refractivity contribution in [1.82, 2.24) is 9.80 Å². The van der Waals surface area contributed by atoms with E-state index in [2.05, 4.69) is 34.5 Å². The van der Waals surface area contributed by atoms with Gasteiger partial charge in [-0.25, -0.2) is 0 Å². The van der Waals surface area contributed by atoms with Crippen molar-refractivity contribution in [1.29, 1.82) is 0 Å². The number of nitrogens with one attached hydrogen (secondary N) is 1. The number of benzene rings is 3. The third-order valence-corrected chi connectivity index (χ3v) is 5.89. The zero-order valence-corrected chi connectivity index (χ0v) is 19.3. The van der Waals surface area contributed by atoms with E-state index in [0.717, 1.165) is 19.6 Å². The summed E-state index contributed by atoms with van der Waals surface area (Å²) in [5, 5.41) is 2.89. The molecule has 2 amide bonds. The molecule has 0 spiro atoms. The van der Waals surface area contributed by atoms with Crippen molar-refractivity contribution < 1.29 is 14.3 Å². The van der Waals surface area contributed by atoms with Crippen LogP contribution in [0.15, 0.2) is 84.9 Å². The molecule has 0 unspecified atom stereocenters. The number of nitrogens with zero attached hydrogens (tertiary/aromatic N) is 2. The van der Waals surface area contributed by atoms with Crippen molar-refractivity contribution in [2.24, 2.45) is 0 Å². The van der Waals surface area contributed by atoms with Gasteiger partial charge in [-0.05, 0) is 42.0 Å². The zero-order chi connectivity index (χ0) is 23.8. The van der Waals surface area contributed by atoms with E-state index in [0.29, 0.717) is 35.7 Å². The highest BCUT2D eigenvalue weighted by atomic mass is 16.5. The fourth-order valence-electron chi connectivity index (χ4n) is 3.92. The molecule has 1 N–H and O–H groups in total. The minimum atomic E-state index is -0.266. The summed E-state index contributed by atoms with van der Waals surface area (Å²) >= 11 is 0. The minimum absolute atomic E-state index is 0.0647. The highest BCUT2D eigenvalue weighted by Gasteiger charge is 2.24. The molecule has 0 aromatic heterocycles. The van der Waals surface area contributed by atoms with Gasteiger partial charge in [0, 0.05) is 38.3 Å². The molecule has 6 heteroatoms. The topological polar surface area (TPSA) is 61.9 Å². The number of para-hydroxylation sites is 1. The number of hydrogen-bond donors (Lipinski definition) is 1. The molecule has 0 saturated carbocycles. The lowest BCUT2D eigenvalue weighted by Crippen LogP contribution is -2.48. The number of hydrogen-bond acceptors (Lipinski definition) is 4. The number of carbonyl (C=O) groups excluding carboxylic acids is 2. The van der Waals surface area contributed by atoms with E-state index in [1.165, 1.54) is 5.56 Å². The fraction of sp³-hybridized carbons (Fsp3) is 0.214. The van der Waals surface area contributed by atoms with Gasteiger partial charge in [-0.3, -0.25) is 14.5 Å². The normalized spacial score (nSPS) is 14.2. The van der Waals surface area contributed by atoms with E-state index in [4.69, 9.17) is 4.74 Å². The zero-order valence-electron chi connectivity index (χ0n) is 19.3. The maximum Gasteiger partial charge on any atom is 0.256 e. The Balaban J connectivity index is 1.34. The van der Waals surface area contributed by atoms with E-state index in [-0.39, 0.29) is 11.8 Å². The smallest absolute Gasteiger partial charge is 0.256 e. The first-order valence-corrected chi connectivity index (χ1v) is 11.4. The number of amides is 2. The van der Waals surface area contributed by atoms with E-state index in [1.807, 2.05) is 35.2 Å². The Hall–Kier alpha value is -3.90. The third kappa shape index (κ3) is 5.91. The minimum Gasteiger partial charge on any atom is -0.497 e. The first kappa shape index (κ1) is 23.3. The number of rotatable bonds is 7. The fourth-order valence-corrected chi connectivity index (χ4v) is 3.92. The summed E-state index contributed by atoms with van der Waals surface area (Å²) in [7, 11) is 1.58. The lowest BCUT2D eigenvalue weighted by molar-refractivity contribution is 0.0651. The van der Waals surface area contributed by atoms with Crippen molar-refractivity contribution in [3.63, 3.8) is 0 Å². The van der Waals surface area contributed by atoms with Gasteiger partial charge in [0.05, 0.1) is 18.4 Å². The highest BCUT2D eigenvalue weighted by Crippen LogP contribution is 2.20. The molecule has 6 nitrogen and oxygen atoms in total. The maximum absolute atomic E-state index is 13.3. The molecule has 1 aliphatic heterocycles. The van der Waals surface area contributed by atoms with Gasteiger partial charge in [-0.1, -0.05) is 54.6 Å². The Morgan fingerprint density at radius 1 is 0.882 bits per heavy atom. The molecule has 174 valence electrons. The first-order chi connectivity index (χ1) is 16.6. The van der Waals surface area contributed by atoms with Crippen LogP contribution in [0.1, 0.15) is 26.3 Å². The Bertz CT molecular complexity index is 1140. The molecule has 3 aromatic rings. The van der Waals surface area contributed by atoms with Crippen LogP contribution in [0.2, 0.25) is 0 Å². The third-order valence-electron chi connectivity index (χ3n) is 5.89. The number of piperazine rings is 1. The van der Waals surface area contributed by atoms with Crippen molar-refractivity contribution in [3.8, 4) is 5.75 Å². The van der Waals surface area contributed by atoms with Gasteiger partial charge in [-0.15, -0.1) is 0 Å². The Labute approximate surface area is 200 Å². The number of ether oxygens (including phenoxy) is 1. The molecule has 34 heavy (non-hydrogen) atoms. The summed E-state index contributed by atoms with van der Waals surface area (Å²) in [6.45, 7) is 3.78. The molecule has 1 aliphatic rings. The van der Waals surface area contributed by atoms with E-state index in [9.17, 15) is 9.59 Å². The number of methoxy groups -OCH3 is 1. The number of anilines is 1. The van der Waals surface area contributed by atoms with Crippen LogP contribution in [0.3, 0.4) is 0 Å². The van der Waals surface area contributed by atoms with E-state index in [1.54, 1.807) is 43.5 Å². The molecule has 1 heterocycles. The van der Waals surface area contributed by atoms with Gasteiger partial charge < -0.3 is 15.0 Å². The van der Waals surface area contributed by atoms with Crippen LogP contribution in [-0.4, -0.2) is 61.4 Å². The quantitative estimate of drug-likeness (QED) is 0.573. The van der Waals surface area contributed by atoms with Gasteiger partial charge in [0.15, 0.2) is 0 Å². The average molecular weight is 456 g/mol. The molecule has 1 fully saturated rings. The predicted molar refractivity (Wildman–Crippen MR) is 135 cm³/mol. The molecule has 0 radical (unpaired) electrons. The second kappa shape index (κ2) is 11.3. The molecule has 0 bridgehead atoms. The van der Waals surface area contributed by atoms with Crippen molar-refractivity contribution in [2.45, 2.75) is 0 Å². The average Bonchev–Trinajstić information content (AvgIpc) is 2.89. The van der Waals surface area contributed by atoms with Crippen molar-refractivity contribution in [2.75, 3.05) is 45.2 Å². The van der Waals surface area contributed by atoms with Crippen LogP contribution in [0.25, 0.3) is 6.08 Å². The first-order valence-electron chi connectivity index (χ1n) is 11.4. The summed E-state index contributed by atoms with van der Waals surface area (Å²) in [6, 6.07) is 24.3. The second-order valence-corrected chi connectivity index (χ2v) is 8.13. The van der Waals surface area contributed by atoms with Crippen LogP contribution in [0, 0.1) is 0 Å². The lowest BCUT2D eigenvalue weighted by atomic mass is 10.1. The largest absolute Gasteiger partial charge is 0.497 e. The predicted octanol–water partition coefficient (Wildman–Crippen LogP) is 4.42. The van der Waals surface area contributed by atoms with E-state index < -0.39 is 0 Å². The van der Waals surface area contributed by atoms with E-state index >= 15 is 0 Å². The summed E-state index contributed by atoms with van der Waals surface area (Å²) in [4.78, 5) is 30.2. The molecule has 1 saturated heterocycles. The standard InChI is InChI=1S/C28H29N3O3/c1-34-24-15-13-23(14-16-24)27(32)29-26-12-6-5-11-25(26)28(33)31-20-18-30(19-21-31)17-7-10-22-8-3-2-4-9-22/h2-16H,17-21H2,1H3,(H,29,32)/b10-7+. The summed E-state index contributed by atoms with van der Waals surface area (Å²) in [6.07, 6.45) is 4.29. The van der Waals surface area contributed by atoms with Crippen LogP contribution in [0.4, 0.5) is 5.69 Å². The van der Waals surface area contributed by atoms with Crippen LogP contribution >= 0.6 is 0 Å². The molecular weight excluding hydrogens is 426 g/mol. The monoisotopic (exact) mass is 455 g/mol. The van der Waals surface area contributed by atoms with Crippen molar-refractivity contribution >= 4 is 23.6 Å². The van der Waals surface area contributed by atoms with Crippen molar-refractivity contribution in [3.05, 3.63) is 102 Å². The van der Waals surface area contributed by atoms with Crippen LogP contribution in [-0.2, 0) is 0 Å². The summed E-state index contributed by atoms with van der Waals surface area (Å²) < 4.78 is 5.15. The summed E-state index contributed by atoms with van der Waals surface area (Å²) in [5.74, 6) is 0.352. The van der Waals surface area contributed by atoms with Gasteiger partial charge in [0.25, 0.3) is 11.8 Å². The Morgan fingerprint density at radius 2 is 1.56 bits per heavy atom.